The van der Waals surface area contributed by atoms with Crippen molar-refractivity contribution in [3.05, 3.63) is 126 Å². The Kier molecular flexibility index (Phi) is 6.95. The lowest BCUT2D eigenvalue weighted by Gasteiger charge is -2.36. The van der Waals surface area contributed by atoms with E-state index in [9.17, 15) is 19.1 Å². The monoisotopic (exact) mass is 564 g/mol. The molecule has 42 heavy (non-hydrogen) atoms. The standard InChI is InChI=1S/C32H29FN6O3/c1-21-16-22-6-3-4-7-23(22)19-37(21)31(41)28-14-9-24(33)17-29(28)30-8-5-15-38(35-30)32(42)39(26-18-34-36(2)20-26)25-10-12-27(40)13-11-25/h3-15,17-18,20-21,35,40H,16,19H2,1-2H3/t21-/m1/s1. The van der Waals surface area contributed by atoms with Gasteiger partial charge in [0.1, 0.15) is 11.6 Å². The number of carbonyl (C=O) groups excluding carboxylic acids is 2. The van der Waals surface area contributed by atoms with Crippen molar-refractivity contribution in [2.24, 2.45) is 7.05 Å². The van der Waals surface area contributed by atoms with Gasteiger partial charge in [-0.2, -0.15) is 5.10 Å². The van der Waals surface area contributed by atoms with Crippen molar-refractivity contribution in [2.75, 3.05) is 4.90 Å². The Morgan fingerprint density at radius 3 is 2.55 bits per heavy atom. The average molecular weight is 565 g/mol. The number of aryl methyl sites for hydroxylation is 1. The number of hydrogen-bond acceptors (Lipinski definition) is 5. The number of benzene rings is 3. The fourth-order valence-corrected chi connectivity index (χ4v) is 5.33. The van der Waals surface area contributed by atoms with Gasteiger partial charge in [-0.1, -0.05) is 24.3 Å². The summed E-state index contributed by atoms with van der Waals surface area (Å²) < 4.78 is 16.2. The molecule has 4 aromatic rings. The summed E-state index contributed by atoms with van der Waals surface area (Å²) in [6.45, 7) is 2.46. The van der Waals surface area contributed by atoms with Gasteiger partial charge in [-0.25, -0.2) is 14.2 Å². The second-order valence-corrected chi connectivity index (χ2v) is 10.4. The number of amides is 3. The molecule has 3 amide bonds. The molecule has 0 unspecified atom stereocenters. The molecule has 0 fully saturated rings. The minimum absolute atomic E-state index is 0.0464. The highest BCUT2D eigenvalue weighted by molar-refractivity contribution is 6.02. The number of nitrogens with zero attached hydrogens (tertiary/aromatic N) is 5. The van der Waals surface area contributed by atoms with Gasteiger partial charge in [0.15, 0.2) is 0 Å². The van der Waals surface area contributed by atoms with Crippen LogP contribution >= 0.6 is 0 Å². The topological polar surface area (TPSA) is 93.9 Å². The molecule has 0 saturated carbocycles. The highest BCUT2D eigenvalue weighted by Gasteiger charge is 2.31. The van der Waals surface area contributed by atoms with Gasteiger partial charge in [0.2, 0.25) is 0 Å². The third-order valence-corrected chi connectivity index (χ3v) is 7.46. The molecule has 2 aliphatic rings. The number of urea groups is 1. The van der Waals surface area contributed by atoms with E-state index in [2.05, 4.69) is 16.6 Å². The number of halogens is 1. The van der Waals surface area contributed by atoms with Crippen molar-refractivity contribution < 1.29 is 19.1 Å². The highest BCUT2D eigenvalue weighted by Crippen LogP contribution is 2.31. The number of aromatic nitrogens is 2. The largest absolute Gasteiger partial charge is 0.508 e. The second-order valence-electron chi connectivity index (χ2n) is 10.4. The van der Waals surface area contributed by atoms with Crippen molar-refractivity contribution in [2.45, 2.75) is 25.9 Å². The van der Waals surface area contributed by atoms with Gasteiger partial charge in [0.25, 0.3) is 5.91 Å². The number of aromatic hydroxyl groups is 1. The minimum atomic E-state index is -0.505. The Morgan fingerprint density at radius 1 is 1.05 bits per heavy atom. The zero-order valence-electron chi connectivity index (χ0n) is 23.1. The number of rotatable bonds is 4. The zero-order valence-corrected chi connectivity index (χ0v) is 23.1. The summed E-state index contributed by atoms with van der Waals surface area (Å²) in [5.74, 6) is -0.661. The Hall–Kier alpha value is -5.38. The third-order valence-electron chi connectivity index (χ3n) is 7.46. The summed E-state index contributed by atoms with van der Waals surface area (Å²) >= 11 is 0. The van der Waals surface area contributed by atoms with Crippen molar-refractivity contribution in [1.29, 1.82) is 0 Å². The Labute approximate surface area is 242 Å². The lowest BCUT2D eigenvalue weighted by Crippen LogP contribution is -2.46. The molecule has 212 valence electrons. The highest BCUT2D eigenvalue weighted by atomic mass is 19.1. The van der Waals surface area contributed by atoms with Crippen LogP contribution in [0.2, 0.25) is 0 Å². The molecule has 0 saturated heterocycles. The first-order valence-corrected chi connectivity index (χ1v) is 13.5. The van der Waals surface area contributed by atoms with Gasteiger partial charge >= 0.3 is 6.03 Å². The summed E-state index contributed by atoms with van der Waals surface area (Å²) in [4.78, 5) is 31.1. The number of anilines is 2. The number of phenolic OH excluding ortho intramolecular Hbond substituents is 1. The second kappa shape index (κ2) is 10.9. The number of nitrogens with one attached hydrogen (secondary N) is 1. The van der Waals surface area contributed by atoms with Crippen LogP contribution in [-0.2, 0) is 20.0 Å². The quantitative estimate of drug-likeness (QED) is 0.342. The molecule has 10 heteroatoms. The normalized spacial score (nSPS) is 16.0. The number of carbonyl (C=O) groups is 2. The SMILES string of the molecule is C[C@@H]1Cc2ccccc2CN1C(=O)c1ccc(F)cc1C1=CC=CN(C(=O)N(c2ccc(O)cc2)c2cnn(C)c2)N1. The van der Waals surface area contributed by atoms with Crippen molar-refractivity contribution >= 4 is 29.0 Å². The fourth-order valence-electron chi connectivity index (χ4n) is 5.33. The fraction of sp³-hybridized carbons (Fsp3) is 0.156. The van der Waals surface area contributed by atoms with Crippen LogP contribution in [0.3, 0.4) is 0 Å². The smallest absolute Gasteiger partial charge is 0.352 e. The van der Waals surface area contributed by atoms with E-state index in [1.165, 1.54) is 45.8 Å². The molecule has 1 atom stereocenters. The van der Waals surface area contributed by atoms with E-state index in [0.717, 1.165) is 12.0 Å². The molecule has 2 N–H and O–H groups in total. The first kappa shape index (κ1) is 26.8. The van der Waals surface area contributed by atoms with Crippen LogP contribution in [0.1, 0.15) is 34.0 Å². The Balaban J connectivity index is 1.30. The molecule has 3 heterocycles. The maximum absolute atomic E-state index is 14.6. The van der Waals surface area contributed by atoms with E-state index in [0.29, 0.717) is 34.7 Å². The van der Waals surface area contributed by atoms with Crippen LogP contribution in [-0.4, -0.2) is 42.8 Å². The van der Waals surface area contributed by atoms with E-state index >= 15 is 0 Å². The maximum atomic E-state index is 14.6. The molecule has 2 aliphatic heterocycles. The molecule has 0 spiro atoms. The molecule has 9 nitrogen and oxygen atoms in total. The van der Waals surface area contributed by atoms with E-state index in [1.54, 1.807) is 59.5 Å². The van der Waals surface area contributed by atoms with Crippen LogP contribution in [0, 0.1) is 5.82 Å². The van der Waals surface area contributed by atoms with Crippen LogP contribution < -0.4 is 10.3 Å². The molecule has 0 bridgehead atoms. The van der Waals surface area contributed by atoms with Crippen LogP contribution in [0.25, 0.3) is 5.70 Å². The van der Waals surface area contributed by atoms with Crippen molar-refractivity contribution in [3.8, 4) is 5.75 Å². The van der Waals surface area contributed by atoms with Crippen molar-refractivity contribution in [3.63, 3.8) is 0 Å². The van der Waals surface area contributed by atoms with E-state index in [-0.39, 0.29) is 17.7 Å². The summed E-state index contributed by atoms with van der Waals surface area (Å²) in [7, 11) is 1.74. The summed E-state index contributed by atoms with van der Waals surface area (Å²) in [6, 6.07) is 17.8. The molecule has 1 aromatic heterocycles. The number of hydrazine groups is 1. The van der Waals surface area contributed by atoms with E-state index < -0.39 is 11.8 Å². The summed E-state index contributed by atoms with van der Waals surface area (Å²) in [5.41, 5.74) is 7.42. The van der Waals surface area contributed by atoms with Gasteiger partial charge in [-0.15, -0.1) is 0 Å². The minimum Gasteiger partial charge on any atom is -0.508 e. The predicted molar refractivity (Wildman–Crippen MR) is 157 cm³/mol. The van der Waals surface area contributed by atoms with E-state index in [1.807, 2.05) is 25.1 Å². The number of phenols is 1. The molecule has 0 radical (unpaired) electrons. The molecular formula is C32H29FN6O3. The molecule has 6 rings (SSSR count). The summed E-state index contributed by atoms with van der Waals surface area (Å²) in [5, 5.41) is 15.2. The Morgan fingerprint density at radius 2 is 1.81 bits per heavy atom. The first-order chi connectivity index (χ1) is 20.3. The van der Waals surface area contributed by atoms with Gasteiger partial charge in [-0.05, 0) is 79.1 Å². The molecular weight excluding hydrogens is 535 g/mol. The third kappa shape index (κ3) is 5.10. The number of allylic oxidation sites excluding steroid dienone is 2. The molecule has 3 aromatic carbocycles. The van der Waals surface area contributed by atoms with Gasteiger partial charge in [0.05, 0.1) is 23.3 Å². The van der Waals surface area contributed by atoms with Crippen molar-refractivity contribution in [1.82, 2.24) is 25.1 Å². The lowest BCUT2D eigenvalue weighted by molar-refractivity contribution is 0.0658. The van der Waals surface area contributed by atoms with Gasteiger partial charge < -0.3 is 10.0 Å². The predicted octanol–water partition coefficient (Wildman–Crippen LogP) is 5.48. The van der Waals surface area contributed by atoms with E-state index in [4.69, 9.17) is 0 Å². The maximum Gasteiger partial charge on any atom is 0.352 e. The zero-order chi connectivity index (χ0) is 29.4. The summed E-state index contributed by atoms with van der Waals surface area (Å²) in [6.07, 6.45) is 8.86. The van der Waals surface area contributed by atoms with Crippen LogP contribution in [0.4, 0.5) is 20.6 Å². The number of hydrogen-bond donors (Lipinski definition) is 2. The first-order valence-electron chi connectivity index (χ1n) is 13.5. The van der Waals surface area contributed by atoms with Crippen LogP contribution in [0.5, 0.6) is 5.75 Å². The molecule has 0 aliphatic carbocycles. The van der Waals surface area contributed by atoms with Gasteiger partial charge in [0, 0.05) is 43.2 Å². The Bertz CT molecular complexity index is 1730. The number of fused-ring (bicyclic) bond motifs is 1. The van der Waals surface area contributed by atoms with Gasteiger partial charge in [-0.3, -0.25) is 19.8 Å². The lowest BCUT2D eigenvalue weighted by atomic mass is 9.93. The van der Waals surface area contributed by atoms with Crippen LogP contribution in [0.15, 0.2) is 97.5 Å². The average Bonchev–Trinajstić information content (AvgIpc) is 3.43.